The van der Waals surface area contributed by atoms with Crippen LogP contribution in [0.3, 0.4) is 0 Å². The van der Waals surface area contributed by atoms with Crippen LogP contribution in [0.5, 0.6) is 0 Å². The highest BCUT2D eigenvalue weighted by atomic mass is 32.2. The van der Waals surface area contributed by atoms with Crippen molar-refractivity contribution in [2.45, 2.75) is 29.1 Å². The van der Waals surface area contributed by atoms with E-state index in [4.69, 9.17) is 0 Å². The molecule has 0 radical (unpaired) electrons. The van der Waals surface area contributed by atoms with Gasteiger partial charge >= 0.3 is 0 Å². The van der Waals surface area contributed by atoms with Crippen LogP contribution >= 0.6 is 0 Å². The monoisotopic (exact) mass is 751 g/mol. The van der Waals surface area contributed by atoms with Gasteiger partial charge in [-0.15, -0.1) is 0 Å². The number of hydrazone groups is 2. The van der Waals surface area contributed by atoms with Crippen LogP contribution in [0.25, 0.3) is 0 Å². The molecule has 2 heterocycles. The largest absolute Gasteiger partial charge is 0.352 e. The minimum Gasteiger partial charge on any atom is -0.352 e. The fraction of sp³-hybridized carbons (Fsp3) is 0.212. The normalized spacial score (nSPS) is 11.8. The van der Waals surface area contributed by atoms with Crippen molar-refractivity contribution >= 4 is 56.1 Å². The number of carbonyl (C=O) groups is 2. The standard InChI is InChI=1S/C33H37N9O8S2/c43-32(26-12-14-30(37-20-26)41-39-22-24-8-1-3-10-28(24)51(45,46)47)35-18-6-5-16-34-17-7-19-36-33(44)27-13-15-31(38-21-27)42-40-23-25-9-2-4-11-29(25)52(48,49)50/h1-4,8-15,20-23,34H,5-7,16-19H2,(H,35,43)(H,36,44)(H,37,41)(H,38,42)(H,45,46,47)(H,48,49,50)/b39-22+,40-23+. The van der Waals surface area contributed by atoms with Crippen LogP contribution < -0.4 is 26.8 Å². The number of nitrogens with one attached hydrogen (secondary N) is 5. The van der Waals surface area contributed by atoms with E-state index in [9.17, 15) is 35.5 Å². The van der Waals surface area contributed by atoms with Gasteiger partial charge in [-0.3, -0.25) is 29.5 Å². The number of carbonyl (C=O) groups excluding carboxylic acids is 2. The number of benzene rings is 2. The van der Waals surface area contributed by atoms with Crippen molar-refractivity contribution in [1.82, 2.24) is 25.9 Å². The second-order valence-corrected chi connectivity index (χ2v) is 13.7. The van der Waals surface area contributed by atoms with Crippen LogP contribution in [0.15, 0.2) is 105 Å². The van der Waals surface area contributed by atoms with Crippen molar-refractivity contribution in [3.05, 3.63) is 107 Å². The molecule has 0 aliphatic rings. The second-order valence-electron chi connectivity index (χ2n) is 11.0. The van der Waals surface area contributed by atoms with Crippen LogP contribution in [-0.2, 0) is 20.2 Å². The molecule has 19 heteroatoms. The van der Waals surface area contributed by atoms with Crippen molar-refractivity contribution in [2.24, 2.45) is 10.2 Å². The molecular weight excluding hydrogens is 715 g/mol. The lowest BCUT2D eigenvalue weighted by Crippen LogP contribution is -2.28. The van der Waals surface area contributed by atoms with Gasteiger partial charge in [0.2, 0.25) is 0 Å². The van der Waals surface area contributed by atoms with E-state index < -0.39 is 20.2 Å². The first-order valence-corrected chi connectivity index (χ1v) is 18.7. The third kappa shape index (κ3) is 12.6. The molecule has 2 aromatic carbocycles. The first-order chi connectivity index (χ1) is 24.9. The smallest absolute Gasteiger partial charge is 0.295 e. The van der Waals surface area contributed by atoms with Gasteiger partial charge in [-0.25, -0.2) is 9.97 Å². The van der Waals surface area contributed by atoms with Gasteiger partial charge in [0, 0.05) is 36.6 Å². The SMILES string of the molecule is O=C(NCCCCNCCCNC(=O)c1ccc(N/N=C/c2ccccc2S(=O)(=O)O)nc1)c1ccc(N/N=C/c2ccccc2S(=O)(=O)O)nc1. The molecule has 4 aromatic rings. The summed E-state index contributed by atoms with van der Waals surface area (Å²) in [6.07, 6.45) is 7.53. The molecule has 0 aliphatic heterocycles. The van der Waals surface area contributed by atoms with E-state index in [1.807, 2.05) is 0 Å². The lowest BCUT2D eigenvalue weighted by molar-refractivity contribution is 0.0944. The molecule has 17 nitrogen and oxygen atoms in total. The molecule has 2 amide bonds. The summed E-state index contributed by atoms with van der Waals surface area (Å²) in [6, 6.07) is 17.9. The lowest BCUT2D eigenvalue weighted by Gasteiger charge is -2.08. The third-order valence-electron chi connectivity index (χ3n) is 7.09. The number of hydrogen-bond donors (Lipinski definition) is 7. The summed E-state index contributed by atoms with van der Waals surface area (Å²) in [5, 5.41) is 16.9. The zero-order valence-corrected chi connectivity index (χ0v) is 29.3. The number of aromatic nitrogens is 2. The molecular formula is C33H37N9O8S2. The molecule has 0 saturated heterocycles. The van der Waals surface area contributed by atoms with Crippen molar-refractivity contribution in [3.63, 3.8) is 0 Å². The number of pyridine rings is 2. The topological polar surface area (TPSA) is 254 Å². The maximum absolute atomic E-state index is 12.4. The third-order valence-corrected chi connectivity index (χ3v) is 8.95. The summed E-state index contributed by atoms with van der Waals surface area (Å²) in [7, 11) is -8.79. The zero-order valence-electron chi connectivity index (χ0n) is 27.6. The molecule has 7 N–H and O–H groups in total. The van der Waals surface area contributed by atoms with E-state index in [2.05, 4.69) is 47.0 Å². The summed E-state index contributed by atoms with van der Waals surface area (Å²) in [4.78, 5) is 32.6. The fourth-order valence-electron chi connectivity index (χ4n) is 4.49. The lowest BCUT2D eigenvalue weighted by atomic mass is 10.2. The van der Waals surface area contributed by atoms with E-state index >= 15 is 0 Å². The highest BCUT2D eigenvalue weighted by Gasteiger charge is 2.14. The predicted octanol–water partition coefficient (Wildman–Crippen LogP) is 2.78. The number of rotatable bonds is 19. The maximum atomic E-state index is 12.4. The zero-order chi connectivity index (χ0) is 37.4. The Morgan fingerprint density at radius 3 is 1.46 bits per heavy atom. The average Bonchev–Trinajstić information content (AvgIpc) is 3.12. The Labute approximate surface area is 300 Å². The molecule has 0 fully saturated rings. The summed E-state index contributed by atoms with van der Waals surface area (Å²) in [6.45, 7) is 2.36. The van der Waals surface area contributed by atoms with Crippen molar-refractivity contribution < 1.29 is 35.5 Å². The Bertz CT molecular complexity index is 1940. The molecule has 0 unspecified atom stereocenters. The maximum Gasteiger partial charge on any atom is 0.295 e. The molecule has 0 spiro atoms. The quantitative estimate of drug-likeness (QED) is 0.0315. The minimum absolute atomic E-state index is 0.192. The van der Waals surface area contributed by atoms with Crippen LogP contribution in [0.1, 0.15) is 51.1 Å². The van der Waals surface area contributed by atoms with E-state index in [0.717, 1.165) is 19.4 Å². The van der Waals surface area contributed by atoms with E-state index in [1.165, 1.54) is 61.2 Å². The first kappa shape index (κ1) is 39.2. The Morgan fingerprint density at radius 1 is 0.596 bits per heavy atom. The molecule has 0 bridgehead atoms. The van der Waals surface area contributed by atoms with Crippen LogP contribution in [0.4, 0.5) is 11.6 Å². The first-order valence-electron chi connectivity index (χ1n) is 15.8. The van der Waals surface area contributed by atoms with Gasteiger partial charge < -0.3 is 16.0 Å². The van der Waals surface area contributed by atoms with Gasteiger partial charge in [0.25, 0.3) is 32.1 Å². The van der Waals surface area contributed by atoms with Crippen molar-refractivity contribution in [1.29, 1.82) is 0 Å². The fourth-order valence-corrected chi connectivity index (χ4v) is 5.83. The Morgan fingerprint density at radius 2 is 1.02 bits per heavy atom. The van der Waals surface area contributed by atoms with Crippen LogP contribution in [0, 0.1) is 0 Å². The van der Waals surface area contributed by atoms with Gasteiger partial charge in [0.1, 0.15) is 21.4 Å². The number of unbranched alkanes of at least 4 members (excludes halogenated alkanes) is 1. The highest BCUT2D eigenvalue weighted by molar-refractivity contribution is 7.86. The average molecular weight is 752 g/mol. The van der Waals surface area contributed by atoms with Gasteiger partial charge in [0.05, 0.1) is 23.6 Å². The molecule has 274 valence electrons. The minimum atomic E-state index is -4.40. The number of hydrogen-bond acceptors (Lipinski definition) is 13. The summed E-state index contributed by atoms with van der Waals surface area (Å²) in [5.74, 6) is 0.102. The van der Waals surface area contributed by atoms with Crippen LogP contribution in [-0.4, -0.2) is 86.3 Å². The van der Waals surface area contributed by atoms with Crippen LogP contribution in [0.2, 0.25) is 0 Å². The van der Waals surface area contributed by atoms with Gasteiger partial charge in [0.15, 0.2) is 0 Å². The Kier molecular flexibility index (Phi) is 14.4. The van der Waals surface area contributed by atoms with Gasteiger partial charge in [-0.2, -0.15) is 27.0 Å². The van der Waals surface area contributed by atoms with Gasteiger partial charge in [-0.1, -0.05) is 36.4 Å². The van der Waals surface area contributed by atoms with E-state index in [0.29, 0.717) is 48.8 Å². The van der Waals surface area contributed by atoms with E-state index in [1.54, 1.807) is 36.4 Å². The number of amides is 2. The second kappa shape index (κ2) is 19.1. The van der Waals surface area contributed by atoms with E-state index in [-0.39, 0.29) is 32.7 Å². The number of nitrogens with zero attached hydrogens (tertiary/aromatic N) is 4. The molecule has 0 aliphatic carbocycles. The molecule has 52 heavy (non-hydrogen) atoms. The molecule has 0 saturated carbocycles. The summed E-state index contributed by atoms with van der Waals surface area (Å²) in [5.41, 5.74) is 6.40. The Hall–Kier alpha value is -5.60. The molecule has 2 aromatic heterocycles. The predicted molar refractivity (Wildman–Crippen MR) is 195 cm³/mol. The Balaban J connectivity index is 1.04. The molecule has 0 atom stereocenters. The highest BCUT2D eigenvalue weighted by Crippen LogP contribution is 2.14. The van der Waals surface area contributed by atoms with Gasteiger partial charge in [-0.05, 0) is 68.8 Å². The summed E-state index contributed by atoms with van der Waals surface area (Å²) >= 11 is 0. The van der Waals surface area contributed by atoms with Crippen molar-refractivity contribution in [2.75, 3.05) is 37.0 Å². The summed E-state index contributed by atoms with van der Waals surface area (Å²) < 4.78 is 64.6. The van der Waals surface area contributed by atoms with Crippen molar-refractivity contribution in [3.8, 4) is 0 Å². The molecule has 4 rings (SSSR count). The number of anilines is 2.